The van der Waals surface area contributed by atoms with Crippen LogP contribution in [-0.2, 0) is 17.9 Å². The molecular formula is C18H26N2O. The molecule has 1 N–H and O–H groups in total. The third kappa shape index (κ3) is 5.01. The lowest BCUT2D eigenvalue weighted by Crippen LogP contribution is -2.30. The van der Waals surface area contributed by atoms with Crippen molar-refractivity contribution in [1.82, 2.24) is 10.2 Å². The summed E-state index contributed by atoms with van der Waals surface area (Å²) in [6.45, 7) is 4.77. The van der Waals surface area contributed by atoms with Crippen molar-refractivity contribution in [3.05, 3.63) is 47.5 Å². The first-order valence-electron chi connectivity index (χ1n) is 7.88. The standard InChI is InChI=1S/C18H26N2O/c1-3-20(2)14-16-9-7-8-15(12-16)13-19-18(21)17-10-5-4-6-11-17/h4-5,7-9,12,17H,3,6,10-11,13-14H2,1-2H3,(H,19,21)/t17-/m0/s1. The van der Waals surface area contributed by atoms with E-state index in [0.717, 1.165) is 32.4 Å². The van der Waals surface area contributed by atoms with Gasteiger partial charge in [-0.25, -0.2) is 0 Å². The van der Waals surface area contributed by atoms with Crippen molar-refractivity contribution in [3.63, 3.8) is 0 Å². The molecule has 1 amide bonds. The Hall–Kier alpha value is -1.61. The van der Waals surface area contributed by atoms with Gasteiger partial charge in [0.2, 0.25) is 5.91 Å². The number of hydrogen-bond acceptors (Lipinski definition) is 2. The van der Waals surface area contributed by atoms with Gasteiger partial charge in [0.15, 0.2) is 0 Å². The van der Waals surface area contributed by atoms with E-state index in [0.29, 0.717) is 6.54 Å². The Morgan fingerprint density at radius 3 is 2.86 bits per heavy atom. The molecule has 3 heteroatoms. The fraction of sp³-hybridized carbons (Fsp3) is 0.500. The van der Waals surface area contributed by atoms with Crippen LogP contribution in [0.5, 0.6) is 0 Å². The molecule has 3 nitrogen and oxygen atoms in total. The third-order valence-electron chi connectivity index (χ3n) is 4.09. The van der Waals surface area contributed by atoms with Crippen molar-refractivity contribution in [2.24, 2.45) is 5.92 Å². The first-order chi connectivity index (χ1) is 10.2. The fourth-order valence-electron chi connectivity index (χ4n) is 2.63. The summed E-state index contributed by atoms with van der Waals surface area (Å²) in [7, 11) is 2.12. The van der Waals surface area contributed by atoms with Crippen LogP contribution < -0.4 is 5.32 Å². The average molecular weight is 286 g/mol. The number of allylic oxidation sites excluding steroid dienone is 2. The summed E-state index contributed by atoms with van der Waals surface area (Å²) in [4.78, 5) is 14.4. The van der Waals surface area contributed by atoms with Gasteiger partial charge in [-0.05, 0) is 44.0 Å². The Kier molecular flexibility index (Phi) is 6.00. The average Bonchev–Trinajstić information content (AvgIpc) is 2.53. The van der Waals surface area contributed by atoms with Gasteiger partial charge in [0.05, 0.1) is 0 Å². The molecule has 21 heavy (non-hydrogen) atoms. The van der Waals surface area contributed by atoms with E-state index >= 15 is 0 Å². The summed E-state index contributed by atoms with van der Waals surface area (Å²) in [5, 5.41) is 3.08. The lowest BCUT2D eigenvalue weighted by Gasteiger charge is -2.18. The monoisotopic (exact) mass is 286 g/mol. The molecule has 0 radical (unpaired) electrons. The van der Waals surface area contributed by atoms with E-state index in [2.05, 4.69) is 60.6 Å². The molecule has 1 aliphatic rings. The van der Waals surface area contributed by atoms with Gasteiger partial charge in [0, 0.05) is 19.0 Å². The van der Waals surface area contributed by atoms with Crippen molar-refractivity contribution in [2.45, 2.75) is 39.3 Å². The zero-order chi connectivity index (χ0) is 15.1. The summed E-state index contributed by atoms with van der Waals surface area (Å²) in [5.74, 6) is 0.347. The van der Waals surface area contributed by atoms with E-state index in [1.807, 2.05) is 0 Å². The summed E-state index contributed by atoms with van der Waals surface area (Å²) in [6, 6.07) is 8.48. The summed E-state index contributed by atoms with van der Waals surface area (Å²) >= 11 is 0. The highest BCUT2D eigenvalue weighted by Crippen LogP contribution is 2.18. The number of benzene rings is 1. The zero-order valence-corrected chi connectivity index (χ0v) is 13.1. The second-order valence-corrected chi connectivity index (χ2v) is 5.85. The molecular weight excluding hydrogens is 260 g/mol. The van der Waals surface area contributed by atoms with Crippen molar-refractivity contribution >= 4 is 5.91 Å². The Balaban J connectivity index is 1.86. The van der Waals surface area contributed by atoms with Gasteiger partial charge in [-0.3, -0.25) is 4.79 Å². The normalized spacial score (nSPS) is 18.0. The molecule has 1 aliphatic carbocycles. The molecule has 0 spiro atoms. The first-order valence-corrected chi connectivity index (χ1v) is 7.88. The number of carbonyl (C=O) groups is 1. The van der Waals surface area contributed by atoms with E-state index < -0.39 is 0 Å². The predicted molar refractivity (Wildman–Crippen MR) is 86.8 cm³/mol. The first kappa shape index (κ1) is 15.8. The highest BCUT2D eigenvalue weighted by molar-refractivity contribution is 5.78. The van der Waals surface area contributed by atoms with Crippen LogP contribution in [0, 0.1) is 5.92 Å². The van der Waals surface area contributed by atoms with Gasteiger partial charge in [-0.1, -0.05) is 43.3 Å². The molecule has 0 saturated heterocycles. The maximum Gasteiger partial charge on any atom is 0.223 e. The fourth-order valence-corrected chi connectivity index (χ4v) is 2.63. The SMILES string of the molecule is CCN(C)Cc1cccc(CNC(=O)[C@H]2CC=CCC2)c1. The van der Waals surface area contributed by atoms with Crippen molar-refractivity contribution < 1.29 is 4.79 Å². The van der Waals surface area contributed by atoms with Crippen molar-refractivity contribution in [3.8, 4) is 0 Å². The number of hydrogen-bond donors (Lipinski definition) is 1. The number of rotatable bonds is 6. The van der Waals surface area contributed by atoms with Gasteiger partial charge in [-0.2, -0.15) is 0 Å². The predicted octanol–water partition coefficient (Wildman–Crippen LogP) is 3.11. The van der Waals surface area contributed by atoms with Crippen LogP contribution in [0.4, 0.5) is 0 Å². The molecule has 2 rings (SSSR count). The largest absolute Gasteiger partial charge is 0.352 e. The minimum absolute atomic E-state index is 0.157. The Morgan fingerprint density at radius 1 is 1.33 bits per heavy atom. The Bertz CT molecular complexity index is 496. The van der Waals surface area contributed by atoms with Gasteiger partial charge in [-0.15, -0.1) is 0 Å². The second-order valence-electron chi connectivity index (χ2n) is 5.85. The van der Waals surface area contributed by atoms with Gasteiger partial charge >= 0.3 is 0 Å². The van der Waals surface area contributed by atoms with Crippen LogP contribution >= 0.6 is 0 Å². The quantitative estimate of drug-likeness (QED) is 0.815. The van der Waals surface area contributed by atoms with Crippen LogP contribution in [0.1, 0.15) is 37.3 Å². The molecule has 0 aromatic heterocycles. The van der Waals surface area contributed by atoms with E-state index in [4.69, 9.17) is 0 Å². The Labute approximate surface area is 128 Å². The van der Waals surface area contributed by atoms with Crippen LogP contribution in [0.25, 0.3) is 0 Å². The summed E-state index contributed by atoms with van der Waals surface area (Å²) in [6.07, 6.45) is 7.17. The lowest BCUT2D eigenvalue weighted by atomic mass is 9.93. The molecule has 1 atom stereocenters. The van der Waals surface area contributed by atoms with E-state index in [9.17, 15) is 4.79 Å². The van der Waals surface area contributed by atoms with E-state index in [1.165, 1.54) is 11.1 Å². The molecule has 1 aromatic rings. The molecule has 0 fully saturated rings. The molecule has 0 heterocycles. The maximum absolute atomic E-state index is 12.1. The second kappa shape index (κ2) is 7.99. The highest BCUT2D eigenvalue weighted by atomic mass is 16.1. The number of nitrogens with zero attached hydrogens (tertiary/aromatic N) is 1. The molecule has 114 valence electrons. The third-order valence-corrected chi connectivity index (χ3v) is 4.09. The highest BCUT2D eigenvalue weighted by Gasteiger charge is 2.17. The van der Waals surface area contributed by atoms with Crippen LogP contribution in [0.3, 0.4) is 0 Å². The minimum Gasteiger partial charge on any atom is -0.352 e. The van der Waals surface area contributed by atoms with Crippen LogP contribution in [0.15, 0.2) is 36.4 Å². The topological polar surface area (TPSA) is 32.3 Å². The molecule has 0 bridgehead atoms. The summed E-state index contributed by atoms with van der Waals surface area (Å²) < 4.78 is 0. The van der Waals surface area contributed by atoms with Crippen molar-refractivity contribution in [2.75, 3.05) is 13.6 Å². The minimum atomic E-state index is 0.157. The molecule has 0 unspecified atom stereocenters. The molecule has 0 saturated carbocycles. The van der Waals surface area contributed by atoms with Crippen LogP contribution in [0.2, 0.25) is 0 Å². The van der Waals surface area contributed by atoms with Gasteiger partial charge in [0.25, 0.3) is 0 Å². The van der Waals surface area contributed by atoms with E-state index in [-0.39, 0.29) is 11.8 Å². The maximum atomic E-state index is 12.1. The Morgan fingerprint density at radius 2 is 2.14 bits per heavy atom. The van der Waals surface area contributed by atoms with Gasteiger partial charge in [0.1, 0.15) is 0 Å². The lowest BCUT2D eigenvalue weighted by molar-refractivity contribution is -0.125. The van der Waals surface area contributed by atoms with Crippen LogP contribution in [-0.4, -0.2) is 24.4 Å². The number of carbonyl (C=O) groups excluding carboxylic acids is 1. The van der Waals surface area contributed by atoms with Crippen molar-refractivity contribution in [1.29, 1.82) is 0 Å². The van der Waals surface area contributed by atoms with Gasteiger partial charge < -0.3 is 10.2 Å². The zero-order valence-electron chi connectivity index (χ0n) is 13.1. The molecule has 1 aromatic carbocycles. The number of amides is 1. The van der Waals surface area contributed by atoms with E-state index in [1.54, 1.807) is 0 Å². The smallest absolute Gasteiger partial charge is 0.223 e. The number of nitrogens with one attached hydrogen (secondary N) is 1. The molecule has 0 aliphatic heterocycles. The summed E-state index contributed by atoms with van der Waals surface area (Å²) in [5.41, 5.74) is 2.48.